The lowest BCUT2D eigenvalue weighted by Crippen LogP contribution is -2.55. The second-order valence-electron chi connectivity index (χ2n) is 7.13. The number of nitrogens with one attached hydrogen (secondary N) is 1. The number of hydrogen-bond donors (Lipinski definition) is 1. The lowest BCUT2D eigenvalue weighted by Gasteiger charge is -2.21. The van der Waals surface area contributed by atoms with E-state index >= 15 is 0 Å². The molecule has 0 fully saturated rings. The van der Waals surface area contributed by atoms with E-state index in [0.717, 1.165) is 5.56 Å². The number of benzene rings is 3. The van der Waals surface area contributed by atoms with Crippen LogP contribution in [0.5, 0.6) is 0 Å². The van der Waals surface area contributed by atoms with Crippen LogP contribution in [0.15, 0.2) is 72.8 Å². The first-order valence-electron chi connectivity index (χ1n) is 9.02. The van der Waals surface area contributed by atoms with Crippen LogP contribution < -0.4 is 15.0 Å². The summed E-state index contributed by atoms with van der Waals surface area (Å²) in [5, 5.41) is 1.95. The van der Waals surface area contributed by atoms with Crippen molar-refractivity contribution < 1.29 is 10.7 Å². The van der Waals surface area contributed by atoms with Gasteiger partial charge in [0.05, 0.1) is 0 Å². The molecule has 3 aromatic carbocycles. The standard InChI is InChI=1S/C23H25N3O.H2O/c1-25(2)21-13-7-18(8-14-21)23(17-5-11-20(24-27)12-6-17)19-9-15-22(16-10-19)26(3)4;/h5-16,23H,1-4H3;1H2. The Morgan fingerprint density at radius 3 is 1.21 bits per heavy atom. The summed E-state index contributed by atoms with van der Waals surface area (Å²) in [7, 11) is 8.17. The fourth-order valence-corrected chi connectivity index (χ4v) is 3.25. The molecule has 0 saturated carbocycles. The molecule has 3 aromatic rings. The monoisotopic (exact) mass is 377 g/mol. The SMILES string of the molecule is CN(C)c1ccc(C(c2ccc([NH+]=O)cc2)c2ccc(N(C)C)cc2)cc1.[OH-]. The zero-order valence-electron chi connectivity index (χ0n) is 16.8. The fourth-order valence-electron chi connectivity index (χ4n) is 3.25. The summed E-state index contributed by atoms with van der Waals surface area (Å²) >= 11 is 0. The van der Waals surface area contributed by atoms with Crippen LogP contribution in [0.3, 0.4) is 0 Å². The minimum atomic E-state index is 0. The topological polar surface area (TPSA) is 67.5 Å². The largest absolute Gasteiger partial charge is 0.870 e. The Kier molecular flexibility index (Phi) is 6.90. The van der Waals surface area contributed by atoms with Crippen molar-refractivity contribution in [1.82, 2.24) is 0 Å². The molecule has 2 N–H and O–H groups in total. The third-order valence-corrected chi connectivity index (χ3v) is 4.85. The van der Waals surface area contributed by atoms with Gasteiger partial charge in [-0.3, -0.25) is 0 Å². The number of nitrogens with zero attached hydrogens (tertiary/aromatic N) is 2. The molecule has 0 amide bonds. The average Bonchev–Trinajstić information content (AvgIpc) is 2.69. The predicted molar refractivity (Wildman–Crippen MR) is 115 cm³/mol. The molecule has 0 radical (unpaired) electrons. The van der Waals surface area contributed by atoms with Crippen LogP contribution in [-0.2, 0) is 0 Å². The lowest BCUT2D eigenvalue weighted by molar-refractivity contribution is -0.379. The highest BCUT2D eigenvalue weighted by molar-refractivity contribution is 5.53. The first-order valence-corrected chi connectivity index (χ1v) is 9.02. The Morgan fingerprint density at radius 1 is 0.607 bits per heavy atom. The Balaban J connectivity index is 0.00000280. The van der Waals surface area contributed by atoms with E-state index in [1.54, 1.807) is 0 Å². The van der Waals surface area contributed by atoms with Gasteiger partial charge in [-0.15, -0.1) is 0 Å². The lowest BCUT2D eigenvalue weighted by atomic mass is 9.85. The molecule has 146 valence electrons. The quantitative estimate of drug-likeness (QED) is 0.669. The second kappa shape index (κ2) is 9.15. The number of anilines is 2. The van der Waals surface area contributed by atoms with E-state index in [1.165, 1.54) is 22.5 Å². The van der Waals surface area contributed by atoms with Crippen LogP contribution in [0.2, 0.25) is 0 Å². The van der Waals surface area contributed by atoms with E-state index in [4.69, 9.17) is 0 Å². The van der Waals surface area contributed by atoms with Crippen molar-refractivity contribution in [3.05, 3.63) is 94.4 Å². The zero-order valence-corrected chi connectivity index (χ0v) is 16.8. The number of rotatable bonds is 6. The van der Waals surface area contributed by atoms with Crippen LogP contribution in [0.25, 0.3) is 0 Å². The summed E-state index contributed by atoms with van der Waals surface area (Å²) in [4.78, 5) is 15.1. The zero-order chi connectivity index (χ0) is 19.4. The minimum Gasteiger partial charge on any atom is -0.870 e. The van der Waals surface area contributed by atoms with E-state index in [2.05, 4.69) is 58.3 Å². The van der Waals surface area contributed by atoms with Gasteiger partial charge in [-0.25, -0.2) is 0 Å². The van der Waals surface area contributed by atoms with E-state index in [1.807, 2.05) is 57.6 Å². The highest BCUT2D eigenvalue weighted by atomic mass is 16.3. The van der Waals surface area contributed by atoms with Crippen molar-refractivity contribution in [2.45, 2.75) is 5.92 Å². The Morgan fingerprint density at radius 2 is 0.929 bits per heavy atom. The average molecular weight is 377 g/mol. The van der Waals surface area contributed by atoms with Gasteiger partial charge in [0, 0.05) is 67.7 Å². The van der Waals surface area contributed by atoms with Gasteiger partial charge in [-0.2, -0.15) is 0 Å². The Hall–Kier alpha value is -3.18. The first kappa shape index (κ1) is 21.1. The highest BCUT2D eigenvalue weighted by Crippen LogP contribution is 2.34. The molecule has 0 bridgehead atoms. The normalized spacial score (nSPS) is 10.3. The summed E-state index contributed by atoms with van der Waals surface area (Å²) in [6.07, 6.45) is 0. The maximum Gasteiger partial charge on any atom is 0.253 e. The van der Waals surface area contributed by atoms with Gasteiger partial charge >= 0.3 is 0 Å². The van der Waals surface area contributed by atoms with E-state index < -0.39 is 0 Å². The molecule has 0 spiro atoms. The molecule has 0 atom stereocenters. The van der Waals surface area contributed by atoms with Gasteiger partial charge in [-0.05, 0) is 41.0 Å². The molecule has 3 rings (SSSR count). The smallest absolute Gasteiger partial charge is 0.253 e. The van der Waals surface area contributed by atoms with E-state index in [-0.39, 0.29) is 11.4 Å². The third-order valence-electron chi connectivity index (χ3n) is 4.85. The summed E-state index contributed by atoms with van der Waals surface area (Å²) in [6.45, 7) is 0. The first-order chi connectivity index (χ1) is 13.0. The predicted octanol–water partition coefficient (Wildman–Crippen LogP) is 3.30. The molecule has 0 unspecified atom stereocenters. The summed E-state index contributed by atoms with van der Waals surface area (Å²) < 4.78 is 0. The second-order valence-corrected chi connectivity index (χ2v) is 7.13. The summed E-state index contributed by atoms with van der Waals surface area (Å²) in [6, 6.07) is 25.0. The third kappa shape index (κ3) is 4.56. The van der Waals surface area contributed by atoms with Gasteiger partial charge in [0.15, 0.2) is 0 Å². The van der Waals surface area contributed by atoms with Crippen molar-refractivity contribution >= 4 is 17.1 Å². The van der Waals surface area contributed by atoms with Crippen LogP contribution in [0, 0.1) is 4.91 Å². The molecule has 28 heavy (non-hydrogen) atoms. The van der Waals surface area contributed by atoms with Gasteiger partial charge < -0.3 is 15.3 Å². The Bertz CT molecular complexity index is 835. The molecule has 0 heterocycles. The van der Waals surface area contributed by atoms with Gasteiger partial charge in [0.25, 0.3) is 5.69 Å². The molecular weight excluding hydrogens is 350 g/mol. The van der Waals surface area contributed by atoms with Gasteiger partial charge in [-0.1, -0.05) is 36.4 Å². The molecule has 0 aliphatic rings. The van der Waals surface area contributed by atoms with Crippen molar-refractivity contribution in [1.29, 1.82) is 0 Å². The van der Waals surface area contributed by atoms with Gasteiger partial charge in [0.2, 0.25) is 0 Å². The molecule has 5 nitrogen and oxygen atoms in total. The maximum atomic E-state index is 10.9. The Labute approximate surface area is 166 Å². The molecule has 0 aromatic heterocycles. The molecule has 0 aliphatic carbocycles. The molecular formula is C23H27N3O2. The summed E-state index contributed by atoms with van der Waals surface area (Å²) in [5.74, 6) is 0.109. The number of nitroso groups, excluding NO2 is 1. The van der Waals surface area contributed by atoms with Crippen LogP contribution in [-0.4, -0.2) is 33.7 Å². The maximum absolute atomic E-state index is 10.9. The van der Waals surface area contributed by atoms with E-state index in [0.29, 0.717) is 5.69 Å². The van der Waals surface area contributed by atoms with Crippen molar-refractivity contribution in [2.24, 2.45) is 0 Å². The van der Waals surface area contributed by atoms with Crippen molar-refractivity contribution in [2.75, 3.05) is 38.0 Å². The van der Waals surface area contributed by atoms with Crippen molar-refractivity contribution in [3.8, 4) is 0 Å². The van der Waals surface area contributed by atoms with Crippen LogP contribution in [0.4, 0.5) is 17.1 Å². The minimum absolute atomic E-state index is 0. The fraction of sp³-hybridized carbons (Fsp3) is 0.217. The van der Waals surface area contributed by atoms with Crippen LogP contribution >= 0.6 is 0 Å². The van der Waals surface area contributed by atoms with Gasteiger partial charge in [0.1, 0.15) is 0 Å². The van der Waals surface area contributed by atoms with E-state index in [9.17, 15) is 4.91 Å². The molecule has 0 aliphatic heterocycles. The summed E-state index contributed by atoms with van der Waals surface area (Å²) in [5.41, 5.74) is 6.52. The molecule has 5 heteroatoms. The highest BCUT2D eigenvalue weighted by Gasteiger charge is 2.18. The number of hydrogen-bond acceptors (Lipinski definition) is 4. The van der Waals surface area contributed by atoms with Crippen LogP contribution in [0.1, 0.15) is 22.6 Å². The molecule has 0 saturated heterocycles. The van der Waals surface area contributed by atoms with Crippen molar-refractivity contribution in [3.63, 3.8) is 0 Å².